The van der Waals surface area contributed by atoms with Crippen LogP contribution in [-0.2, 0) is 23.7 Å². The number of hydrogen-bond acceptors (Lipinski definition) is 0. The van der Waals surface area contributed by atoms with E-state index < -0.39 is 0 Å². The number of rotatable bonds is 6. The summed E-state index contributed by atoms with van der Waals surface area (Å²) < 4.78 is 0. The lowest BCUT2D eigenvalue weighted by Gasteiger charge is -2.52. The van der Waals surface area contributed by atoms with Gasteiger partial charge in [0, 0.05) is 0 Å². The predicted molar refractivity (Wildman–Crippen MR) is 96.9 cm³/mol. The third-order valence-corrected chi connectivity index (χ3v) is 6.40. The standard InChI is InChI=1S/C22H30/c1-7-9-11-21(5)13-17-16(4)20-18(15(3)19(17)21)14-22(20,6)12-10-8-2/h7-8H,1-2,9-14H2,3-6H3. The predicted octanol–water partition coefficient (Wildman–Crippen LogP) is 5.86. The topological polar surface area (TPSA) is 0 Å². The van der Waals surface area contributed by atoms with Crippen LogP contribution in [0.1, 0.15) is 72.9 Å². The van der Waals surface area contributed by atoms with Crippen LogP contribution >= 0.6 is 0 Å². The van der Waals surface area contributed by atoms with Gasteiger partial charge >= 0.3 is 0 Å². The first kappa shape index (κ1) is 15.6. The largest absolute Gasteiger partial charge is 0.103 e. The lowest BCUT2D eigenvalue weighted by atomic mass is 9.52. The van der Waals surface area contributed by atoms with E-state index in [0.717, 1.165) is 12.8 Å². The molecule has 0 amide bonds. The highest BCUT2D eigenvalue weighted by atomic mass is 14.5. The number of benzene rings is 1. The molecule has 0 spiro atoms. The van der Waals surface area contributed by atoms with Crippen molar-refractivity contribution < 1.29 is 0 Å². The molecule has 3 rings (SSSR count). The van der Waals surface area contributed by atoms with Crippen molar-refractivity contribution in [3.63, 3.8) is 0 Å². The summed E-state index contributed by atoms with van der Waals surface area (Å²) in [4.78, 5) is 0. The van der Waals surface area contributed by atoms with E-state index in [4.69, 9.17) is 0 Å². The Morgan fingerprint density at radius 2 is 1.18 bits per heavy atom. The van der Waals surface area contributed by atoms with Crippen molar-refractivity contribution in [2.75, 3.05) is 0 Å². The van der Waals surface area contributed by atoms with E-state index in [2.05, 4.69) is 53.0 Å². The van der Waals surface area contributed by atoms with Crippen LogP contribution in [0.2, 0.25) is 0 Å². The summed E-state index contributed by atoms with van der Waals surface area (Å²) in [6, 6.07) is 0. The molecule has 2 aliphatic rings. The maximum absolute atomic E-state index is 3.90. The van der Waals surface area contributed by atoms with E-state index in [1.54, 1.807) is 33.4 Å². The van der Waals surface area contributed by atoms with E-state index in [1.807, 2.05) is 0 Å². The Morgan fingerprint density at radius 3 is 1.50 bits per heavy atom. The molecule has 0 heterocycles. The van der Waals surface area contributed by atoms with Crippen LogP contribution in [0.15, 0.2) is 25.3 Å². The summed E-state index contributed by atoms with van der Waals surface area (Å²) in [6.45, 7) is 17.4. The molecule has 1 aromatic carbocycles. The number of fused-ring (bicyclic) bond motifs is 2. The molecule has 0 aromatic heterocycles. The highest BCUT2D eigenvalue weighted by molar-refractivity contribution is 5.65. The molecule has 0 saturated carbocycles. The molecule has 2 atom stereocenters. The molecule has 2 aliphatic carbocycles. The molecule has 0 aliphatic heterocycles. The first-order chi connectivity index (χ1) is 10.4. The first-order valence-corrected chi connectivity index (χ1v) is 8.75. The van der Waals surface area contributed by atoms with Crippen molar-refractivity contribution >= 4 is 0 Å². The molecular weight excluding hydrogens is 264 g/mol. The highest BCUT2D eigenvalue weighted by Crippen LogP contribution is 2.56. The molecule has 118 valence electrons. The van der Waals surface area contributed by atoms with Crippen molar-refractivity contribution in [2.45, 2.75) is 77.0 Å². The minimum Gasteiger partial charge on any atom is -0.103 e. The summed E-state index contributed by atoms with van der Waals surface area (Å²) in [5.74, 6) is 0. The number of allylic oxidation sites excluding steroid dienone is 2. The second kappa shape index (κ2) is 5.11. The Balaban J connectivity index is 2.01. The van der Waals surface area contributed by atoms with E-state index in [9.17, 15) is 0 Å². The van der Waals surface area contributed by atoms with Crippen molar-refractivity contribution in [2.24, 2.45) is 0 Å². The fourth-order valence-corrected chi connectivity index (χ4v) is 5.22. The smallest absolute Gasteiger partial charge is 0.00262 e. The monoisotopic (exact) mass is 294 g/mol. The maximum atomic E-state index is 3.90. The van der Waals surface area contributed by atoms with Gasteiger partial charge in [0.25, 0.3) is 0 Å². The van der Waals surface area contributed by atoms with Crippen LogP contribution in [0.25, 0.3) is 0 Å². The molecule has 22 heavy (non-hydrogen) atoms. The van der Waals surface area contributed by atoms with E-state index >= 15 is 0 Å². The van der Waals surface area contributed by atoms with Gasteiger partial charge in [0.05, 0.1) is 0 Å². The molecule has 0 heteroatoms. The van der Waals surface area contributed by atoms with Gasteiger partial charge in [-0.15, -0.1) is 13.2 Å². The fraction of sp³-hybridized carbons (Fsp3) is 0.545. The molecular formula is C22H30. The summed E-state index contributed by atoms with van der Waals surface area (Å²) in [5, 5.41) is 0. The first-order valence-electron chi connectivity index (χ1n) is 8.75. The molecule has 2 unspecified atom stereocenters. The quantitative estimate of drug-likeness (QED) is 0.576. The summed E-state index contributed by atoms with van der Waals surface area (Å²) >= 11 is 0. The van der Waals surface area contributed by atoms with Gasteiger partial charge in [-0.05, 0) is 96.6 Å². The fourth-order valence-electron chi connectivity index (χ4n) is 5.22. The van der Waals surface area contributed by atoms with Gasteiger partial charge in [-0.1, -0.05) is 26.0 Å². The van der Waals surface area contributed by atoms with Crippen LogP contribution in [0.3, 0.4) is 0 Å². The van der Waals surface area contributed by atoms with Crippen molar-refractivity contribution in [3.8, 4) is 0 Å². The second-order valence-corrected chi connectivity index (χ2v) is 8.09. The average Bonchev–Trinajstić information content (AvgIpc) is 2.44. The van der Waals surface area contributed by atoms with Gasteiger partial charge in [-0.2, -0.15) is 0 Å². The SMILES string of the molecule is C=CCCC1(C)Cc2c(C)c3c(c(C)c21)CC3(C)CCC=C. The lowest BCUT2D eigenvalue weighted by molar-refractivity contribution is 0.347. The van der Waals surface area contributed by atoms with Gasteiger partial charge in [-0.3, -0.25) is 0 Å². The Labute approximate surface area is 136 Å². The summed E-state index contributed by atoms with van der Waals surface area (Å²) in [6.07, 6.45) is 11.4. The van der Waals surface area contributed by atoms with Gasteiger partial charge in [0.1, 0.15) is 0 Å². The van der Waals surface area contributed by atoms with Gasteiger partial charge in [0.2, 0.25) is 0 Å². The second-order valence-electron chi connectivity index (χ2n) is 8.09. The lowest BCUT2D eigenvalue weighted by Crippen LogP contribution is -2.44. The highest BCUT2D eigenvalue weighted by Gasteiger charge is 2.48. The molecule has 1 aromatic rings. The Bertz CT molecular complexity index is 574. The number of hydrogen-bond donors (Lipinski definition) is 0. The van der Waals surface area contributed by atoms with Crippen LogP contribution in [0.5, 0.6) is 0 Å². The van der Waals surface area contributed by atoms with Crippen molar-refractivity contribution in [1.82, 2.24) is 0 Å². The minimum atomic E-state index is 0.389. The zero-order valence-corrected chi connectivity index (χ0v) is 14.8. The molecule has 0 saturated heterocycles. The molecule has 0 bridgehead atoms. The van der Waals surface area contributed by atoms with Crippen LogP contribution in [0.4, 0.5) is 0 Å². The zero-order chi connectivity index (χ0) is 16.1. The van der Waals surface area contributed by atoms with Gasteiger partial charge < -0.3 is 0 Å². The Hall–Kier alpha value is -1.30. The van der Waals surface area contributed by atoms with Gasteiger partial charge in [-0.25, -0.2) is 0 Å². The average molecular weight is 294 g/mol. The molecule has 0 nitrogen and oxygen atoms in total. The summed E-state index contributed by atoms with van der Waals surface area (Å²) in [7, 11) is 0. The maximum Gasteiger partial charge on any atom is -0.00262 e. The zero-order valence-electron chi connectivity index (χ0n) is 14.8. The molecule has 0 radical (unpaired) electrons. The summed E-state index contributed by atoms with van der Waals surface area (Å²) in [5.41, 5.74) is 10.7. The molecule has 0 fully saturated rings. The van der Waals surface area contributed by atoms with E-state index in [0.29, 0.717) is 10.8 Å². The third-order valence-electron chi connectivity index (χ3n) is 6.40. The van der Waals surface area contributed by atoms with Gasteiger partial charge in [0.15, 0.2) is 0 Å². The van der Waals surface area contributed by atoms with Crippen LogP contribution < -0.4 is 0 Å². The molecule has 0 N–H and O–H groups in total. The van der Waals surface area contributed by atoms with E-state index in [1.165, 1.54) is 25.7 Å². The normalized spacial score (nSPS) is 28.2. The van der Waals surface area contributed by atoms with Crippen molar-refractivity contribution in [3.05, 3.63) is 58.7 Å². The van der Waals surface area contributed by atoms with Crippen LogP contribution in [0, 0.1) is 13.8 Å². The van der Waals surface area contributed by atoms with E-state index in [-0.39, 0.29) is 0 Å². The Kier molecular flexibility index (Phi) is 3.62. The van der Waals surface area contributed by atoms with Crippen LogP contribution in [-0.4, -0.2) is 0 Å². The van der Waals surface area contributed by atoms with Crippen molar-refractivity contribution in [1.29, 1.82) is 0 Å². The Morgan fingerprint density at radius 1 is 0.818 bits per heavy atom. The minimum absolute atomic E-state index is 0.389. The third kappa shape index (κ3) is 1.96.